The number of aliphatic carboxylic acids is 1. The molecule has 0 heterocycles. The van der Waals surface area contributed by atoms with E-state index in [-0.39, 0.29) is 11.6 Å². The molecule has 1 aromatic carbocycles. The number of rotatable bonds is 4. The van der Waals surface area contributed by atoms with Crippen molar-refractivity contribution in [3.63, 3.8) is 0 Å². The van der Waals surface area contributed by atoms with Gasteiger partial charge in [0.15, 0.2) is 11.6 Å². The zero-order valence-corrected chi connectivity index (χ0v) is 9.34. The predicted octanol–water partition coefficient (Wildman–Crippen LogP) is 2.63. The first-order valence-corrected chi connectivity index (χ1v) is 5.40. The molecule has 1 saturated carbocycles. The van der Waals surface area contributed by atoms with E-state index < -0.39 is 23.1 Å². The summed E-state index contributed by atoms with van der Waals surface area (Å²) in [6.07, 6.45) is 1.67. The van der Waals surface area contributed by atoms with Gasteiger partial charge in [-0.2, -0.15) is 0 Å². The summed E-state index contributed by atoms with van der Waals surface area (Å²) >= 11 is 0. The van der Waals surface area contributed by atoms with Crippen molar-refractivity contribution < 1.29 is 18.7 Å². The Kier molecular flexibility index (Phi) is 2.77. The fourth-order valence-corrected chi connectivity index (χ4v) is 1.86. The SMILES string of the molecule is CC(Nc1ccc(F)c(F)c1)(C(=O)O)C1CC1. The Balaban J connectivity index is 2.23. The van der Waals surface area contributed by atoms with Crippen molar-refractivity contribution in [2.45, 2.75) is 25.3 Å². The van der Waals surface area contributed by atoms with E-state index in [0.717, 1.165) is 25.0 Å². The van der Waals surface area contributed by atoms with Crippen molar-refractivity contribution in [3.8, 4) is 0 Å². The second-order valence-corrected chi connectivity index (χ2v) is 4.54. The van der Waals surface area contributed by atoms with Gasteiger partial charge < -0.3 is 10.4 Å². The van der Waals surface area contributed by atoms with E-state index in [1.165, 1.54) is 6.07 Å². The molecule has 0 amide bonds. The maximum atomic E-state index is 13.0. The Bertz CT molecular complexity index is 460. The van der Waals surface area contributed by atoms with Crippen molar-refractivity contribution in [2.24, 2.45) is 5.92 Å². The van der Waals surface area contributed by atoms with Gasteiger partial charge in [-0.05, 0) is 37.8 Å². The van der Waals surface area contributed by atoms with Gasteiger partial charge in [0.25, 0.3) is 0 Å². The lowest BCUT2D eigenvalue weighted by atomic mass is 9.95. The van der Waals surface area contributed by atoms with Crippen molar-refractivity contribution in [3.05, 3.63) is 29.8 Å². The number of carbonyl (C=O) groups is 1. The summed E-state index contributed by atoms with van der Waals surface area (Å²) in [5.74, 6) is -2.88. The third-order valence-corrected chi connectivity index (χ3v) is 3.16. The van der Waals surface area contributed by atoms with E-state index in [1.807, 2.05) is 0 Å². The molecular formula is C12H13F2NO2. The van der Waals surface area contributed by atoms with Crippen molar-refractivity contribution >= 4 is 11.7 Å². The van der Waals surface area contributed by atoms with E-state index in [2.05, 4.69) is 5.32 Å². The molecule has 3 nitrogen and oxygen atoms in total. The first-order valence-electron chi connectivity index (χ1n) is 5.40. The summed E-state index contributed by atoms with van der Waals surface area (Å²) in [7, 11) is 0. The van der Waals surface area contributed by atoms with Crippen LogP contribution in [0.1, 0.15) is 19.8 Å². The molecule has 0 aliphatic heterocycles. The molecule has 0 aromatic heterocycles. The van der Waals surface area contributed by atoms with Gasteiger partial charge in [-0.3, -0.25) is 0 Å². The maximum absolute atomic E-state index is 13.0. The van der Waals surface area contributed by atoms with Crippen LogP contribution in [0.2, 0.25) is 0 Å². The van der Waals surface area contributed by atoms with Crippen LogP contribution in [0.15, 0.2) is 18.2 Å². The molecule has 0 bridgehead atoms. The number of nitrogens with one attached hydrogen (secondary N) is 1. The van der Waals surface area contributed by atoms with Gasteiger partial charge in [-0.25, -0.2) is 13.6 Å². The topological polar surface area (TPSA) is 49.3 Å². The molecule has 2 rings (SSSR count). The van der Waals surface area contributed by atoms with Gasteiger partial charge in [-0.15, -0.1) is 0 Å². The number of hydrogen-bond acceptors (Lipinski definition) is 2. The number of carboxylic acid groups (broad SMARTS) is 1. The van der Waals surface area contributed by atoms with Gasteiger partial charge in [0.05, 0.1) is 0 Å². The molecule has 1 aromatic rings. The van der Waals surface area contributed by atoms with Gasteiger partial charge in [0.2, 0.25) is 0 Å². The number of benzene rings is 1. The van der Waals surface area contributed by atoms with Crippen LogP contribution < -0.4 is 5.32 Å². The molecule has 1 fully saturated rings. The smallest absolute Gasteiger partial charge is 0.329 e. The van der Waals surface area contributed by atoms with Gasteiger partial charge in [0.1, 0.15) is 5.54 Å². The quantitative estimate of drug-likeness (QED) is 0.851. The molecule has 0 radical (unpaired) electrons. The van der Waals surface area contributed by atoms with Crippen LogP contribution in [0, 0.1) is 17.6 Å². The highest BCUT2D eigenvalue weighted by Gasteiger charge is 2.47. The summed E-state index contributed by atoms with van der Waals surface area (Å²) in [6, 6.07) is 3.29. The second kappa shape index (κ2) is 3.98. The normalized spacial score (nSPS) is 18.5. The molecular weight excluding hydrogens is 228 g/mol. The minimum absolute atomic E-state index is 0.0353. The van der Waals surface area contributed by atoms with Crippen LogP contribution in [0.4, 0.5) is 14.5 Å². The number of hydrogen-bond donors (Lipinski definition) is 2. The lowest BCUT2D eigenvalue weighted by molar-refractivity contribution is -0.142. The molecule has 1 unspecified atom stereocenters. The standard InChI is InChI=1S/C12H13F2NO2/c1-12(11(16)17,7-2-3-7)15-8-4-5-9(13)10(14)6-8/h4-7,15H,2-3H2,1H3,(H,16,17). The van der Waals surface area contributed by atoms with E-state index in [4.69, 9.17) is 0 Å². The molecule has 92 valence electrons. The van der Waals surface area contributed by atoms with E-state index >= 15 is 0 Å². The third-order valence-electron chi connectivity index (χ3n) is 3.16. The van der Waals surface area contributed by atoms with Gasteiger partial charge in [0, 0.05) is 11.8 Å². The van der Waals surface area contributed by atoms with E-state index in [1.54, 1.807) is 6.92 Å². The van der Waals surface area contributed by atoms with Crippen molar-refractivity contribution in [1.82, 2.24) is 0 Å². The van der Waals surface area contributed by atoms with Crippen LogP contribution >= 0.6 is 0 Å². The minimum atomic E-state index is -1.12. The highest BCUT2D eigenvalue weighted by atomic mass is 19.2. The predicted molar refractivity (Wildman–Crippen MR) is 58.7 cm³/mol. The van der Waals surface area contributed by atoms with Crippen LogP contribution in [-0.2, 0) is 4.79 Å². The van der Waals surface area contributed by atoms with Crippen LogP contribution in [0.3, 0.4) is 0 Å². The molecule has 1 aliphatic carbocycles. The summed E-state index contributed by atoms with van der Waals surface area (Å²) in [4.78, 5) is 11.2. The van der Waals surface area contributed by atoms with Gasteiger partial charge >= 0.3 is 5.97 Å². The number of anilines is 1. The van der Waals surface area contributed by atoms with Crippen LogP contribution in [0.25, 0.3) is 0 Å². The summed E-state index contributed by atoms with van der Waals surface area (Å²) in [5, 5.41) is 12.0. The maximum Gasteiger partial charge on any atom is 0.329 e. The Morgan fingerprint density at radius 1 is 1.41 bits per heavy atom. The first-order chi connectivity index (χ1) is 7.93. The zero-order valence-electron chi connectivity index (χ0n) is 9.34. The Morgan fingerprint density at radius 2 is 2.06 bits per heavy atom. The molecule has 0 saturated heterocycles. The van der Waals surface area contributed by atoms with E-state index in [9.17, 15) is 18.7 Å². The van der Waals surface area contributed by atoms with Crippen molar-refractivity contribution in [2.75, 3.05) is 5.32 Å². The molecule has 5 heteroatoms. The molecule has 1 aliphatic rings. The Labute approximate surface area is 97.5 Å². The summed E-state index contributed by atoms with van der Waals surface area (Å²) in [6.45, 7) is 1.56. The monoisotopic (exact) mass is 241 g/mol. The van der Waals surface area contributed by atoms with Crippen LogP contribution in [0.5, 0.6) is 0 Å². The summed E-state index contributed by atoms with van der Waals surface area (Å²) in [5.41, 5.74) is -0.842. The fourth-order valence-electron chi connectivity index (χ4n) is 1.86. The molecule has 0 spiro atoms. The number of carboxylic acids is 1. The lowest BCUT2D eigenvalue weighted by Crippen LogP contribution is -2.45. The summed E-state index contributed by atoms with van der Waals surface area (Å²) < 4.78 is 25.8. The highest BCUT2D eigenvalue weighted by Crippen LogP contribution is 2.41. The zero-order chi connectivity index (χ0) is 12.6. The molecule has 17 heavy (non-hydrogen) atoms. The number of halogens is 2. The Hall–Kier alpha value is -1.65. The third kappa shape index (κ3) is 2.23. The largest absolute Gasteiger partial charge is 0.480 e. The van der Waals surface area contributed by atoms with E-state index in [0.29, 0.717) is 0 Å². The lowest BCUT2D eigenvalue weighted by Gasteiger charge is -2.27. The fraction of sp³-hybridized carbons (Fsp3) is 0.417. The average Bonchev–Trinajstić information content (AvgIpc) is 3.07. The van der Waals surface area contributed by atoms with Crippen molar-refractivity contribution in [1.29, 1.82) is 0 Å². The first kappa shape index (κ1) is 11.8. The highest BCUT2D eigenvalue weighted by molar-refractivity contribution is 5.83. The second-order valence-electron chi connectivity index (χ2n) is 4.54. The minimum Gasteiger partial charge on any atom is -0.480 e. The average molecular weight is 241 g/mol. The van der Waals surface area contributed by atoms with Gasteiger partial charge in [-0.1, -0.05) is 0 Å². The Morgan fingerprint density at radius 3 is 2.53 bits per heavy atom. The molecule has 2 N–H and O–H groups in total. The van der Waals surface area contributed by atoms with Crippen LogP contribution in [-0.4, -0.2) is 16.6 Å². The molecule has 1 atom stereocenters.